The van der Waals surface area contributed by atoms with Crippen LogP contribution in [0.15, 0.2) is 24.3 Å². The van der Waals surface area contributed by atoms with Gasteiger partial charge in [-0.15, -0.1) is 0 Å². The minimum atomic E-state index is -0.728. The van der Waals surface area contributed by atoms with Crippen LogP contribution in [-0.4, -0.2) is 21.8 Å². The molecule has 120 valence electrons. The van der Waals surface area contributed by atoms with Crippen LogP contribution in [0.2, 0.25) is 10.2 Å². The van der Waals surface area contributed by atoms with Crippen molar-refractivity contribution in [3.05, 3.63) is 45.7 Å². The highest BCUT2D eigenvalue weighted by Crippen LogP contribution is 2.17. The molecular formula is C13H13Cl2N7O. The number of nitrogens with two attached hydrogens (primary N) is 2. The van der Waals surface area contributed by atoms with E-state index in [4.69, 9.17) is 40.1 Å². The predicted octanol–water partition coefficient (Wildman–Crippen LogP) is 1.40. The number of rotatable bonds is 3. The van der Waals surface area contributed by atoms with Crippen molar-refractivity contribution in [3.8, 4) is 0 Å². The third kappa shape index (κ3) is 4.21. The SMILES string of the molecule is N=C(NCc1ccccc1Cl)NC(=O)c1nc(Cl)c(N)nc1N. The number of carbonyl (C=O) groups is 1. The van der Waals surface area contributed by atoms with Crippen LogP contribution >= 0.6 is 23.2 Å². The second-order valence-corrected chi connectivity index (χ2v) is 5.17. The smallest absolute Gasteiger partial charge is 0.280 e. The molecule has 0 unspecified atom stereocenters. The lowest BCUT2D eigenvalue weighted by molar-refractivity contribution is 0.0971. The molecule has 1 heterocycles. The maximum atomic E-state index is 12.0. The minimum Gasteiger partial charge on any atom is -0.382 e. The molecule has 1 aromatic carbocycles. The van der Waals surface area contributed by atoms with E-state index in [0.717, 1.165) is 5.56 Å². The maximum absolute atomic E-state index is 12.0. The number of nitrogen functional groups attached to an aromatic ring is 2. The average Bonchev–Trinajstić information content (AvgIpc) is 2.50. The Morgan fingerprint density at radius 2 is 1.87 bits per heavy atom. The van der Waals surface area contributed by atoms with Crippen molar-refractivity contribution >= 4 is 46.7 Å². The number of nitrogens with zero attached hydrogens (tertiary/aromatic N) is 2. The number of hydrogen-bond acceptors (Lipinski definition) is 6. The molecule has 0 aliphatic heterocycles. The van der Waals surface area contributed by atoms with Crippen LogP contribution in [0.5, 0.6) is 0 Å². The van der Waals surface area contributed by atoms with Gasteiger partial charge in [0.25, 0.3) is 5.91 Å². The number of amides is 1. The van der Waals surface area contributed by atoms with Crippen LogP contribution in [-0.2, 0) is 6.54 Å². The molecule has 8 nitrogen and oxygen atoms in total. The topological polar surface area (TPSA) is 143 Å². The van der Waals surface area contributed by atoms with Crippen molar-refractivity contribution in [3.63, 3.8) is 0 Å². The van der Waals surface area contributed by atoms with Crippen molar-refractivity contribution in [1.29, 1.82) is 5.41 Å². The van der Waals surface area contributed by atoms with E-state index in [1.807, 2.05) is 6.07 Å². The van der Waals surface area contributed by atoms with Gasteiger partial charge in [-0.05, 0) is 11.6 Å². The van der Waals surface area contributed by atoms with E-state index >= 15 is 0 Å². The van der Waals surface area contributed by atoms with Gasteiger partial charge in [0.1, 0.15) is 0 Å². The minimum absolute atomic E-state index is 0.0763. The van der Waals surface area contributed by atoms with E-state index in [0.29, 0.717) is 5.02 Å². The van der Waals surface area contributed by atoms with Gasteiger partial charge in [-0.25, -0.2) is 9.97 Å². The molecule has 0 aliphatic rings. The Balaban J connectivity index is 1.99. The third-order valence-corrected chi connectivity index (χ3v) is 3.42. The summed E-state index contributed by atoms with van der Waals surface area (Å²) in [5, 5.41) is 13.1. The first kappa shape index (κ1) is 16.8. The second-order valence-electron chi connectivity index (χ2n) is 4.41. The Morgan fingerprint density at radius 3 is 2.57 bits per heavy atom. The fourth-order valence-electron chi connectivity index (χ4n) is 1.65. The number of carbonyl (C=O) groups excluding carboxylic acids is 1. The van der Waals surface area contributed by atoms with Gasteiger partial charge in [0.15, 0.2) is 28.4 Å². The third-order valence-electron chi connectivity index (χ3n) is 2.77. The molecule has 2 rings (SSSR count). The van der Waals surface area contributed by atoms with E-state index in [1.54, 1.807) is 18.2 Å². The Bertz CT molecular complexity index is 766. The molecule has 0 bridgehead atoms. The normalized spacial score (nSPS) is 10.2. The van der Waals surface area contributed by atoms with Gasteiger partial charge in [-0.2, -0.15) is 0 Å². The number of guanidine groups is 1. The van der Waals surface area contributed by atoms with Gasteiger partial charge in [-0.3, -0.25) is 15.5 Å². The van der Waals surface area contributed by atoms with Crippen molar-refractivity contribution in [2.45, 2.75) is 6.54 Å². The summed E-state index contributed by atoms with van der Waals surface area (Å²) >= 11 is 11.7. The summed E-state index contributed by atoms with van der Waals surface area (Å²) in [4.78, 5) is 19.5. The van der Waals surface area contributed by atoms with Crippen LogP contribution in [0, 0.1) is 5.41 Å². The Kier molecular flexibility index (Phi) is 5.20. The van der Waals surface area contributed by atoms with Crippen molar-refractivity contribution in [2.75, 3.05) is 11.5 Å². The fourth-order valence-corrected chi connectivity index (χ4v) is 1.98. The highest BCUT2D eigenvalue weighted by Gasteiger charge is 2.17. The number of aromatic nitrogens is 2. The highest BCUT2D eigenvalue weighted by atomic mass is 35.5. The molecule has 0 radical (unpaired) electrons. The molecule has 7 N–H and O–H groups in total. The van der Waals surface area contributed by atoms with Crippen LogP contribution < -0.4 is 22.1 Å². The number of benzene rings is 1. The average molecular weight is 354 g/mol. The molecular weight excluding hydrogens is 341 g/mol. The molecule has 0 fully saturated rings. The van der Waals surface area contributed by atoms with Gasteiger partial charge < -0.3 is 16.8 Å². The Morgan fingerprint density at radius 1 is 1.17 bits per heavy atom. The lowest BCUT2D eigenvalue weighted by atomic mass is 10.2. The van der Waals surface area contributed by atoms with Gasteiger partial charge in [-0.1, -0.05) is 41.4 Å². The summed E-state index contributed by atoms with van der Waals surface area (Å²) in [5.74, 6) is -1.23. The van der Waals surface area contributed by atoms with Gasteiger partial charge in [0, 0.05) is 11.6 Å². The number of anilines is 2. The van der Waals surface area contributed by atoms with Crippen LogP contribution in [0.3, 0.4) is 0 Å². The summed E-state index contributed by atoms with van der Waals surface area (Å²) in [6, 6.07) is 7.14. The lowest BCUT2D eigenvalue weighted by Gasteiger charge is -2.11. The zero-order chi connectivity index (χ0) is 17.0. The second kappa shape index (κ2) is 7.12. The molecule has 10 heteroatoms. The van der Waals surface area contributed by atoms with Crippen LogP contribution in [0.4, 0.5) is 11.6 Å². The monoisotopic (exact) mass is 353 g/mol. The quantitative estimate of drug-likeness (QED) is 0.416. The van der Waals surface area contributed by atoms with Gasteiger partial charge >= 0.3 is 0 Å². The summed E-state index contributed by atoms with van der Waals surface area (Å²) in [7, 11) is 0. The first-order valence-corrected chi connectivity index (χ1v) is 7.09. The van der Waals surface area contributed by atoms with Crippen molar-refractivity contribution in [2.24, 2.45) is 0 Å². The number of halogens is 2. The first-order valence-electron chi connectivity index (χ1n) is 6.34. The van der Waals surface area contributed by atoms with Crippen LogP contribution in [0.1, 0.15) is 16.1 Å². The molecule has 1 aromatic heterocycles. The highest BCUT2D eigenvalue weighted by molar-refractivity contribution is 6.32. The standard InChI is InChI=1S/C13H13Cl2N7O/c14-7-4-2-1-3-6(7)5-19-13(18)22-12(23)8-10(16)21-11(17)9(15)20-8/h1-4H,5H2,(H4,16,17,21)(H3,18,19,22,23). The molecule has 0 aliphatic carbocycles. The van der Waals surface area contributed by atoms with Gasteiger partial charge in [0.2, 0.25) is 0 Å². The van der Waals surface area contributed by atoms with Crippen LogP contribution in [0.25, 0.3) is 0 Å². The van der Waals surface area contributed by atoms with E-state index in [1.165, 1.54) is 0 Å². The maximum Gasteiger partial charge on any atom is 0.280 e. The zero-order valence-electron chi connectivity index (χ0n) is 11.7. The lowest BCUT2D eigenvalue weighted by Crippen LogP contribution is -2.40. The predicted molar refractivity (Wildman–Crippen MR) is 89.4 cm³/mol. The fraction of sp³-hybridized carbons (Fsp3) is 0.0769. The summed E-state index contributed by atoms with van der Waals surface area (Å²) in [5.41, 5.74) is 11.6. The zero-order valence-corrected chi connectivity index (χ0v) is 13.2. The molecule has 0 saturated carbocycles. The summed E-state index contributed by atoms with van der Waals surface area (Å²) < 4.78 is 0. The van der Waals surface area contributed by atoms with Crippen molar-refractivity contribution in [1.82, 2.24) is 20.6 Å². The molecule has 0 saturated heterocycles. The first-order chi connectivity index (χ1) is 10.9. The van der Waals surface area contributed by atoms with Crippen molar-refractivity contribution < 1.29 is 4.79 Å². The van der Waals surface area contributed by atoms with E-state index in [-0.39, 0.29) is 35.0 Å². The largest absolute Gasteiger partial charge is 0.382 e. The number of hydrogen-bond donors (Lipinski definition) is 5. The van der Waals surface area contributed by atoms with E-state index in [2.05, 4.69) is 20.6 Å². The molecule has 2 aromatic rings. The molecule has 1 amide bonds. The number of nitrogens with one attached hydrogen (secondary N) is 3. The van der Waals surface area contributed by atoms with E-state index < -0.39 is 5.91 Å². The van der Waals surface area contributed by atoms with E-state index in [9.17, 15) is 4.79 Å². The summed E-state index contributed by atoms with van der Waals surface area (Å²) in [6.07, 6.45) is 0. The Labute approximate surface area is 141 Å². The van der Waals surface area contributed by atoms with Gasteiger partial charge in [0.05, 0.1) is 0 Å². The molecule has 0 atom stereocenters. The summed E-state index contributed by atoms with van der Waals surface area (Å²) in [6.45, 7) is 0.266. The Hall–Kier alpha value is -2.58. The molecule has 0 spiro atoms. The molecule has 23 heavy (non-hydrogen) atoms.